The molecule has 0 unspecified atom stereocenters. The molecule has 0 radical (unpaired) electrons. The highest BCUT2D eigenvalue weighted by molar-refractivity contribution is 7.88. The fraction of sp³-hybridized carbons (Fsp3) is 0.176. The van der Waals surface area contributed by atoms with Crippen molar-refractivity contribution in [1.29, 1.82) is 0 Å². The summed E-state index contributed by atoms with van der Waals surface area (Å²) < 4.78 is 37.2. The Morgan fingerprint density at radius 2 is 1.78 bits per heavy atom. The van der Waals surface area contributed by atoms with E-state index < -0.39 is 10.0 Å². The van der Waals surface area contributed by atoms with E-state index in [2.05, 4.69) is 14.9 Å². The van der Waals surface area contributed by atoms with Gasteiger partial charge >= 0.3 is 0 Å². The van der Waals surface area contributed by atoms with E-state index in [1.165, 1.54) is 0 Å². The minimum atomic E-state index is -3.71. The lowest BCUT2D eigenvalue weighted by atomic mass is 10.2. The lowest BCUT2D eigenvalue weighted by Gasteiger charge is -2.08. The molecule has 27 heavy (non-hydrogen) atoms. The summed E-state index contributed by atoms with van der Waals surface area (Å²) in [5.41, 5.74) is 1.05. The van der Waals surface area contributed by atoms with E-state index in [0.717, 1.165) is 5.56 Å². The average molecular weight is 428 g/mol. The van der Waals surface area contributed by atoms with Gasteiger partial charge in [0.1, 0.15) is 5.75 Å². The largest absolute Gasteiger partial charge is 0.497 e. The van der Waals surface area contributed by atoms with E-state index in [1.807, 2.05) is 0 Å². The third-order valence-electron chi connectivity index (χ3n) is 3.66. The first-order chi connectivity index (χ1) is 12.9. The molecule has 0 saturated heterocycles. The molecule has 3 rings (SSSR count). The number of rotatable bonds is 7. The van der Waals surface area contributed by atoms with Crippen LogP contribution in [0.15, 0.2) is 47.0 Å². The predicted octanol–water partition coefficient (Wildman–Crippen LogP) is 3.67. The molecule has 3 aromatic rings. The zero-order valence-corrected chi connectivity index (χ0v) is 16.5. The number of benzene rings is 2. The normalized spacial score (nSPS) is 11.5. The first kappa shape index (κ1) is 19.6. The van der Waals surface area contributed by atoms with Crippen LogP contribution in [0.3, 0.4) is 0 Å². The van der Waals surface area contributed by atoms with Crippen molar-refractivity contribution >= 4 is 33.2 Å². The topological polar surface area (TPSA) is 94.3 Å². The highest BCUT2D eigenvalue weighted by Crippen LogP contribution is 2.26. The Morgan fingerprint density at radius 3 is 2.41 bits per heavy atom. The van der Waals surface area contributed by atoms with Crippen LogP contribution in [0.2, 0.25) is 10.0 Å². The molecule has 0 aliphatic rings. The van der Waals surface area contributed by atoms with E-state index in [4.69, 9.17) is 32.5 Å². The van der Waals surface area contributed by atoms with Crippen LogP contribution in [0.5, 0.6) is 5.75 Å². The summed E-state index contributed by atoms with van der Waals surface area (Å²) in [6, 6.07) is 11.9. The third kappa shape index (κ3) is 4.98. The molecule has 2 aromatic carbocycles. The summed E-state index contributed by atoms with van der Waals surface area (Å²) in [4.78, 5) is 4.18. The first-order valence-corrected chi connectivity index (χ1v) is 10.2. The van der Waals surface area contributed by atoms with Crippen LogP contribution >= 0.6 is 23.2 Å². The van der Waals surface area contributed by atoms with Crippen LogP contribution in [0, 0.1) is 0 Å². The van der Waals surface area contributed by atoms with E-state index in [-0.39, 0.29) is 28.2 Å². The highest BCUT2D eigenvalue weighted by Gasteiger charge is 2.18. The molecule has 0 saturated carbocycles. The molecule has 0 spiro atoms. The van der Waals surface area contributed by atoms with Crippen molar-refractivity contribution < 1.29 is 17.7 Å². The van der Waals surface area contributed by atoms with Crippen molar-refractivity contribution in [3.05, 3.63) is 64.0 Å². The van der Waals surface area contributed by atoms with Gasteiger partial charge in [0.05, 0.1) is 19.4 Å². The van der Waals surface area contributed by atoms with Crippen molar-refractivity contribution in [2.45, 2.75) is 12.3 Å². The molecule has 0 aliphatic heterocycles. The van der Waals surface area contributed by atoms with Gasteiger partial charge in [0.25, 0.3) is 0 Å². The lowest BCUT2D eigenvalue weighted by molar-refractivity contribution is 0.376. The van der Waals surface area contributed by atoms with Gasteiger partial charge in [0.2, 0.25) is 21.7 Å². The van der Waals surface area contributed by atoms with Crippen molar-refractivity contribution in [2.75, 3.05) is 7.11 Å². The van der Waals surface area contributed by atoms with Crippen LogP contribution in [0.4, 0.5) is 0 Å². The monoisotopic (exact) mass is 427 g/mol. The molecule has 0 amide bonds. The SMILES string of the molecule is COc1ccc(-c2noc(CNS(=O)(=O)Cc3c(Cl)cccc3Cl)n2)cc1. The van der Waals surface area contributed by atoms with E-state index in [1.54, 1.807) is 49.6 Å². The number of hydrogen-bond donors (Lipinski definition) is 1. The summed E-state index contributed by atoms with van der Waals surface area (Å²) in [5, 5.41) is 4.42. The fourth-order valence-electron chi connectivity index (χ4n) is 2.27. The van der Waals surface area contributed by atoms with Gasteiger partial charge in [-0.3, -0.25) is 0 Å². The number of sulfonamides is 1. The number of hydrogen-bond acceptors (Lipinski definition) is 6. The molecular formula is C17H15Cl2N3O4S. The number of ether oxygens (including phenoxy) is 1. The maximum absolute atomic E-state index is 12.3. The first-order valence-electron chi connectivity index (χ1n) is 7.75. The van der Waals surface area contributed by atoms with Gasteiger partial charge in [-0.15, -0.1) is 0 Å². The van der Waals surface area contributed by atoms with Gasteiger partial charge in [0.15, 0.2) is 0 Å². The van der Waals surface area contributed by atoms with Crippen molar-refractivity contribution in [1.82, 2.24) is 14.9 Å². The molecule has 10 heteroatoms. The van der Waals surface area contributed by atoms with E-state index in [9.17, 15) is 8.42 Å². The van der Waals surface area contributed by atoms with Crippen LogP contribution in [0.1, 0.15) is 11.5 Å². The number of aromatic nitrogens is 2. The van der Waals surface area contributed by atoms with Crippen LogP contribution in [-0.4, -0.2) is 25.7 Å². The fourth-order valence-corrected chi connectivity index (χ4v) is 4.09. The molecule has 142 valence electrons. The molecule has 0 fully saturated rings. The van der Waals surface area contributed by atoms with Gasteiger partial charge < -0.3 is 9.26 Å². The molecule has 1 N–H and O–H groups in total. The van der Waals surface area contributed by atoms with Crippen LogP contribution in [0.25, 0.3) is 11.4 Å². The second-order valence-corrected chi connectivity index (χ2v) is 8.14. The lowest BCUT2D eigenvalue weighted by Crippen LogP contribution is -2.25. The summed E-state index contributed by atoms with van der Waals surface area (Å²) in [6.07, 6.45) is 0. The Hall–Kier alpha value is -2.13. The van der Waals surface area contributed by atoms with Gasteiger partial charge in [0, 0.05) is 21.2 Å². The third-order valence-corrected chi connectivity index (χ3v) is 5.62. The second kappa shape index (κ2) is 8.26. The van der Waals surface area contributed by atoms with Gasteiger partial charge in [-0.2, -0.15) is 4.98 Å². The number of nitrogens with zero attached hydrogens (tertiary/aromatic N) is 2. The summed E-state index contributed by atoms with van der Waals surface area (Å²) in [5.74, 6) is 0.828. The average Bonchev–Trinajstić information content (AvgIpc) is 3.13. The number of nitrogens with one attached hydrogen (secondary N) is 1. The summed E-state index contributed by atoms with van der Waals surface area (Å²) >= 11 is 12.0. The minimum Gasteiger partial charge on any atom is -0.497 e. The summed E-state index contributed by atoms with van der Waals surface area (Å²) in [6.45, 7) is -0.145. The Kier molecular flexibility index (Phi) is 6.01. The zero-order valence-electron chi connectivity index (χ0n) is 14.1. The molecular weight excluding hydrogens is 413 g/mol. The highest BCUT2D eigenvalue weighted by atomic mass is 35.5. The molecule has 0 bridgehead atoms. The minimum absolute atomic E-state index is 0.134. The summed E-state index contributed by atoms with van der Waals surface area (Å²) in [7, 11) is -2.13. The van der Waals surface area contributed by atoms with Crippen molar-refractivity contribution in [3.8, 4) is 17.1 Å². The molecule has 1 aromatic heterocycles. The van der Waals surface area contributed by atoms with E-state index in [0.29, 0.717) is 17.1 Å². The number of halogens is 2. The number of methoxy groups -OCH3 is 1. The quantitative estimate of drug-likeness (QED) is 0.617. The zero-order chi connectivity index (χ0) is 19.4. The Labute approximate surface area is 166 Å². The predicted molar refractivity (Wildman–Crippen MR) is 102 cm³/mol. The molecule has 1 heterocycles. The van der Waals surface area contributed by atoms with Crippen molar-refractivity contribution in [3.63, 3.8) is 0 Å². The van der Waals surface area contributed by atoms with E-state index >= 15 is 0 Å². The maximum Gasteiger partial charge on any atom is 0.242 e. The van der Waals surface area contributed by atoms with Gasteiger partial charge in [-0.05, 0) is 36.4 Å². The Bertz CT molecular complexity index is 1020. The molecule has 0 atom stereocenters. The molecule has 0 aliphatic carbocycles. The van der Waals surface area contributed by atoms with Crippen molar-refractivity contribution in [2.24, 2.45) is 0 Å². The van der Waals surface area contributed by atoms with Crippen LogP contribution in [-0.2, 0) is 22.3 Å². The maximum atomic E-state index is 12.3. The molecule has 7 nitrogen and oxygen atoms in total. The smallest absolute Gasteiger partial charge is 0.242 e. The van der Waals surface area contributed by atoms with Crippen LogP contribution < -0.4 is 9.46 Å². The second-order valence-electron chi connectivity index (χ2n) is 5.52. The Morgan fingerprint density at radius 1 is 1.11 bits per heavy atom. The van der Waals surface area contributed by atoms with Gasteiger partial charge in [-0.1, -0.05) is 34.4 Å². The van der Waals surface area contributed by atoms with Gasteiger partial charge in [-0.25, -0.2) is 13.1 Å². The Balaban J connectivity index is 1.66. The standard InChI is InChI=1S/C17H15Cl2N3O4S/c1-25-12-7-5-11(6-8-12)17-21-16(26-22-17)9-20-27(23,24)10-13-14(18)3-2-4-15(13)19/h2-8,20H,9-10H2,1H3.